The Morgan fingerprint density at radius 2 is 1.95 bits per heavy atom. The molecule has 0 amide bonds. The van der Waals surface area contributed by atoms with E-state index in [1.54, 1.807) is 19.1 Å². The van der Waals surface area contributed by atoms with Crippen molar-refractivity contribution >= 4 is 17.3 Å². The highest BCUT2D eigenvalue weighted by atomic mass is 32.1. The highest BCUT2D eigenvalue weighted by Crippen LogP contribution is 2.24. The molecule has 0 unspecified atom stereocenters. The first-order valence-corrected chi connectivity index (χ1v) is 7.43. The SMILES string of the molecule is CC.CCOC(=O)Cc1csc(-c2ccc(F)cc2)n1. The van der Waals surface area contributed by atoms with Gasteiger partial charge in [-0.15, -0.1) is 11.3 Å². The second-order valence-electron chi connectivity index (χ2n) is 3.63. The predicted octanol–water partition coefficient (Wildman–Crippen LogP) is 4.08. The van der Waals surface area contributed by atoms with Gasteiger partial charge in [-0.3, -0.25) is 4.79 Å². The van der Waals surface area contributed by atoms with Crippen molar-refractivity contribution in [1.29, 1.82) is 0 Å². The molecular formula is C15H18FNO2S. The van der Waals surface area contributed by atoms with Gasteiger partial charge in [-0.25, -0.2) is 9.37 Å². The minimum Gasteiger partial charge on any atom is -0.466 e. The summed E-state index contributed by atoms with van der Waals surface area (Å²) in [4.78, 5) is 15.6. The van der Waals surface area contributed by atoms with Crippen molar-refractivity contribution in [2.75, 3.05) is 6.61 Å². The van der Waals surface area contributed by atoms with Crippen LogP contribution in [0.5, 0.6) is 0 Å². The maximum Gasteiger partial charge on any atom is 0.311 e. The van der Waals surface area contributed by atoms with E-state index < -0.39 is 0 Å². The molecule has 0 spiro atoms. The van der Waals surface area contributed by atoms with Crippen LogP contribution in [0.2, 0.25) is 0 Å². The Morgan fingerprint density at radius 3 is 2.55 bits per heavy atom. The molecule has 20 heavy (non-hydrogen) atoms. The Morgan fingerprint density at radius 1 is 1.30 bits per heavy atom. The molecule has 0 N–H and O–H groups in total. The number of ether oxygens (including phenoxy) is 1. The third kappa shape index (κ3) is 4.74. The predicted molar refractivity (Wildman–Crippen MR) is 79.2 cm³/mol. The Labute approximate surface area is 122 Å². The van der Waals surface area contributed by atoms with E-state index in [4.69, 9.17) is 4.74 Å². The molecule has 0 aliphatic heterocycles. The number of halogens is 1. The molecular weight excluding hydrogens is 277 g/mol. The highest BCUT2D eigenvalue weighted by Gasteiger charge is 2.09. The van der Waals surface area contributed by atoms with Crippen LogP contribution >= 0.6 is 11.3 Å². The van der Waals surface area contributed by atoms with Crippen LogP contribution in [0.4, 0.5) is 4.39 Å². The van der Waals surface area contributed by atoms with Crippen LogP contribution in [0, 0.1) is 5.82 Å². The zero-order valence-electron chi connectivity index (χ0n) is 11.9. The van der Waals surface area contributed by atoms with E-state index >= 15 is 0 Å². The topological polar surface area (TPSA) is 39.2 Å². The van der Waals surface area contributed by atoms with E-state index in [2.05, 4.69) is 4.98 Å². The second-order valence-corrected chi connectivity index (χ2v) is 4.49. The number of nitrogens with zero attached hydrogens (tertiary/aromatic N) is 1. The van der Waals surface area contributed by atoms with Gasteiger partial charge in [0.15, 0.2) is 0 Å². The third-order valence-corrected chi connectivity index (χ3v) is 3.21. The minimum absolute atomic E-state index is 0.172. The molecule has 5 heteroatoms. The minimum atomic E-state index is -0.284. The molecule has 0 fully saturated rings. The standard InChI is InChI=1S/C13H12FNO2S.C2H6/c1-2-17-12(16)7-11-8-18-13(15-11)9-3-5-10(14)6-4-9;1-2/h3-6,8H,2,7H2,1H3;1-2H3. The van der Waals surface area contributed by atoms with Crippen LogP contribution in [0.1, 0.15) is 26.5 Å². The number of benzene rings is 1. The van der Waals surface area contributed by atoms with Gasteiger partial charge in [0.2, 0.25) is 0 Å². The maximum atomic E-state index is 12.8. The molecule has 1 heterocycles. The number of carbonyl (C=O) groups excluding carboxylic acids is 1. The molecule has 0 atom stereocenters. The van der Waals surface area contributed by atoms with Crippen molar-refractivity contribution in [2.45, 2.75) is 27.2 Å². The Bertz CT molecular complexity index is 537. The molecule has 108 valence electrons. The molecule has 0 bridgehead atoms. The Hall–Kier alpha value is -1.75. The quantitative estimate of drug-likeness (QED) is 0.798. The largest absolute Gasteiger partial charge is 0.466 e. The number of aromatic nitrogens is 1. The monoisotopic (exact) mass is 295 g/mol. The van der Waals surface area contributed by atoms with E-state index in [1.165, 1.54) is 23.5 Å². The summed E-state index contributed by atoms with van der Waals surface area (Å²) in [6.45, 7) is 6.14. The lowest BCUT2D eigenvalue weighted by Gasteiger charge is -1.98. The van der Waals surface area contributed by atoms with E-state index in [-0.39, 0.29) is 18.2 Å². The van der Waals surface area contributed by atoms with Gasteiger partial charge >= 0.3 is 5.97 Å². The van der Waals surface area contributed by atoms with Gasteiger partial charge in [0, 0.05) is 10.9 Å². The second kappa shape index (κ2) is 8.43. The van der Waals surface area contributed by atoms with Gasteiger partial charge in [-0.05, 0) is 31.2 Å². The van der Waals surface area contributed by atoms with Gasteiger partial charge < -0.3 is 4.74 Å². The first-order chi connectivity index (χ1) is 9.69. The van der Waals surface area contributed by atoms with Crippen LogP contribution in [-0.2, 0) is 16.0 Å². The number of hydrogen-bond acceptors (Lipinski definition) is 4. The number of hydrogen-bond donors (Lipinski definition) is 0. The first-order valence-electron chi connectivity index (χ1n) is 6.55. The van der Waals surface area contributed by atoms with Gasteiger partial charge in [0.05, 0.1) is 18.7 Å². The molecule has 2 rings (SSSR count). The maximum absolute atomic E-state index is 12.8. The molecule has 0 aliphatic carbocycles. The molecule has 0 saturated carbocycles. The summed E-state index contributed by atoms with van der Waals surface area (Å²) in [7, 11) is 0. The number of thiazole rings is 1. The van der Waals surface area contributed by atoms with Crippen molar-refractivity contribution in [2.24, 2.45) is 0 Å². The normalized spacial score (nSPS) is 9.60. The van der Waals surface area contributed by atoms with Gasteiger partial charge in [-0.1, -0.05) is 13.8 Å². The lowest BCUT2D eigenvalue weighted by atomic mass is 10.2. The molecule has 3 nitrogen and oxygen atoms in total. The van der Waals surface area contributed by atoms with Crippen molar-refractivity contribution in [3.05, 3.63) is 41.2 Å². The summed E-state index contributed by atoms with van der Waals surface area (Å²) < 4.78 is 17.6. The molecule has 1 aromatic heterocycles. The fourth-order valence-corrected chi connectivity index (χ4v) is 2.30. The smallest absolute Gasteiger partial charge is 0.311 e. The zero-order valence-corrected chi connectivity index (χ0v) is 12.7. The fourth-order valence-electron chi connectivity index (χ4n) is 1.47. The van der Waals surface area contributed by atoms with Crippen molar-refractivity contribution in [3.63, 3.8) is 0 Å². The summed E-state index contributed by atoms with van der Waals surface area (Å²) in [6.07, 6.45) is 0.172. The molecule has 1 aromatic carbocycles. The summed E-state index contributed by atoms with van der Waals surface area (Å²) in [5, 5.41) is 2.59. The van der Waals surface area contributed by atoms with E-state index in [0.717, 1.165) is 10.6 Å². The summed E-state index contributed by atoms with van der Waals surface area (Å²) >= 11 is 1.43. The van der Waals surface area contributed by atoms with Gasteiger partial charge in [0.25, 0.3) is 0 Å². The lowest BCUT2D eigenvalue weighted by Crippen LogP contribution is -2.07. The van der Waals surface area contributed by atoms with Crippen LogP contribution in [0.25, 0.3) is 10.6 Å². The fraction of sp³-hybridized carbons (Fsp3) is 0.333. The lowest BCUT2D eigenvalue weighted by molar-refractivity contribution is -0.142. The number of rotatable bonds is 4. The summed E-state index contributed by atoms with van der Waals surface area (Å²) in [5.41, 5.74) is 1.52. The highest BCUT2D eigenvalue weighted by molar-refractivity contribution is 7.13. The van der Waals surface area contributed by atoms with E-state index in [1.807, 2.05) is 19.2 Å². The average Bonchev–Trinajstić information content (AvgIpc) is 2.90. The summed E-state index contributed by atoms with van der Waals surface area (Å²) in [6, 6.07) is 6.12. The molecule has 2 aromatic rings. The van der Waals surface area contributed by atoms with Gasteiger partial charge in [-0.2, -0.15) is 0 Å². The molecule has 0 saturated heterocycles. The number of esters is 1. The molecule has 0 radical (unpaired) electrons. The van der Waals surface area contributed by atoms with E-state index in [9.17, 15) is 9.18 Å². The van der Waals surface area contributed by atoms with Crippen LogP contribution in [-0.4, -0.2) is 17.6 Å². The third-order valence-electron chi connectivity index (χ3n) is 2.27. The Kier molecular flexibility index (Phi) is 6.87. The van der Waals surface area contributed by atoms with Crippen molar-refractivity contribution < 1.29 is 13.9 Å². The first kappa shape index (κ1) is 16.3. The van der Waals surface area contributed by atoms with Crippen molar-refractivity contribution in [1.82, 2.24) is 4.98 Å². The summed E-state index contributed by atoms with van der Waals surface area (Å²) in [5.74, 6) is -0.560. The molecule has 0 aliphatic rings. The van der Waals surface area contributed by atoms with Crippen molar-refractivity contribution in [3.8, 4) is 10.6 Å². The zero-order chi connectivity index (χ0) is 15.0. The Balaban J connectivity index is 0.000000956. The van der Waals surface area contributed by atoms with Crippen LogP contribution in [0.15, 0.2) is 29.6 Å². The number of carbonyl (C=O) groups is 1. The van der Waals surface area contributed by atoms with Crippen LogP contribution < -0.4 is 0 Å². The average molecular weight is 295 g/mol. The van der Waals surface area contributed by atoms with E-state index in [0.29, 0.717) is 12.3 Å². The van der Waals surface area contributed by atoms with Crippen LogP contribution in [0.3, 0.4) is 0 Å². The van der Waals surface area contributed by atoms with Gasteiger partial charge in [0.1, 0.15) is 10.8 Å².